The summed E-state index contributed by atoms with van der Waals surface area (Å²) >= 11 is 0. The molecule has 0 fully saturated rings. The summed E-state index contributed by atoms with van der Waals surface area (Å²) in [7, 11) is 0. The SMILES string of the molecule is CCC(C)C(N)C(=O)NCC(O)Cc1ccccc1. The van der Waals surface area contributed by atoms with Crippen LogP contribution in [0.5, 0.6) is 0 Å². The third-order valence-electron chi connectivity index (χ3n) is 3.39. The molecule has 0 radical (unpaired) electrons. The number of benzene rings is 1. The first-order valence-corrected chi connectivity index (χ1v) is 6.79. The van der Waals surface area contributed by atoms with Gasteiger partial charge in [-0.2, -0.15) is 0 Å². The Kier molecular flexibility index (Phi) is 6.53. The van der Waals surface area contributed by atoms with E-state index < -0.39 is 12.1 Å². The van der Waals surface area contributed by atoms with E-state index in [9.17, 15) is 9.90 Å². The van der Waals surface area contributed by atoms with Gasteiger partial charge in [0, 0.05) is 13.0 Å². The molecule has 0 aromatic heterocycles. The average molecular weight is 264 g/mol. The number of nitrogens with two attached hydrogens (primary N) is 1. The van der Waals surface area contributed by atoms with Gasteiger partial charge in [-0.3, -0.25) is 4.79 Å². The average Bonchev–Trinajstić information content (AvgIpc) is 2.44. The van der Waals surface area contributed by atoms with Crippen LogP contribution >= 0.6 is 0 Å². The van der Waals surface area contributed by atoms with Crippen molar-refractivity contribution in [2.75, 3.05) is 6.54 Å². The van der Waals surface area contributed by atoms with Gasteiger partial charge in [-0.05, 0) is 11.5 Å². The molecule has 0 aliphatic rings. The first-order chi connectivity index (χ1) is 9.04. The van der Waals surface area contributed by atoms with E-state index >= 15 is 0 Å². The Morgan fingerprint density at radius 3 is 2.58 bits per heavy atom. The monoisotopic (exact) mass is 264 g/mol. The molecule has 19 heavy (non-hydrogen) atoms. The Hall–Kier alpha value is -1.39. The molecule has 1 rings (SSSR count). The predicted octanol–water partition coefficient (Wildman–Crippen LogP) is 1.08. The van der Waals surface area contributed by atoms with Gasteiger partial charge in [0.15, 0.2) is 0 Å². The van der Waals surface area contributed by atoms with Crippen molar-refractivity contribution in [3.8, 4) is 0 Å². The Morgan fingerprint density at radius 1 is 1.37 bits per heavy atom. The molecule has 3 unspecified atom stereocenters. The van der Waals surface area contributed by atoms with E-state index in [-0.39, 0.29) is 18.4 Å². The summed E-state index contributed by atoms with van der Waals surface area (Å²) in [6.07, 6.45) is 0.802. The van der Waals surface area contributed by atoms with E-state index in [1.165, 1.54) is 0 Å². The van der Waals surface area contributed by atoms with Gasteiger partial charge in [0.2, 0.25) is 5.91 Å². The Balaban J connectivity index is 2.34. The molecule has 4 N–H and O–H groups in total. The molecule has 4 heteroatoms. The molecular formula is C15H24N2O2. The van der Waals surface area contributed by atoms with Crippen LogP contribution in [0.1, 0.15) is 25.8 Å². The van der Waals surface area contributed by atoms with Gasteiger partial charge >= 0.3 is 0 Å². The van der Waals surface area contributed by atoms with Gasteiger partial charge in [0.05, 0.1) is 12.1 Å². The van der Waals surface area contributed by atoms with Crippen molar-refractivity contribution in [2.45, 2.75) is 38.8 Å². The minimum atomic E-state index is -0.588. The summed E-state index contributed by atoms with van der Waals surface area (Å²) in [6.45, 7) is 4.19. The molecule has 0 bridgehead atoms. The highest BCUT2D eigenvalue weighted by Crippen LogP contribution is 2.06. The standard InChI is InChI=1S/C15H24N2O2/c1-3-11(2)14(16)15(19)17-10-13(18)9-12-7-5-4-6-8-12/h4-8,11,13-14,18H,3,9-10,16H2,1-2H3,(H,17,19). The van der Waals surface area contributed by atoms with Gasteiger partial charge < -0.3 is 16.2 Å². The predicted molar refractivity (Wildman–Crippen MR) is 76.6 cm³/mol. The number of carbonyl (C=O) groups excluding carboxylic acids is 1. The van der Waals surface area contributed by atoms with Crippen molar-refractivity contribution >= 4 is 5.91 Å². The fourth-order valence-corrected chi connectivity index (χ4v) is 1.81. The number of hydrogen-bond donors (Lipinski definition) is 3. The van der Waals surface area contributed by atoms with Crippen LogP contribution in [0.15, 0.2) is 30.3 Å². The lowest BCUT2D eigenvalue weighted by Crippen LogP contribution is -2.46. The Bertz CT molecular complexity index is 381. The lowest BCUT2D eigenvalue weighted by Gasteiger charge is -2.19. The van der Waals surface area contributed by atoms with Crippen molar-refractivity contribution in [1.29, 1.82) is 0 Å². The highest BCUT2D eigenvalue weighted by molar-refractivity contribution is 5.81. The highest BCUT2D eigenvalue weighted by Gasteiger charge is 2.19. The van der Waals surface area contributed by atoms with Crippen LogP contribution in [-0.4, -0.2) is 29.7 Å². The number of carbonyl (C=O) groups is 1. The van der Waals surface area contributed by atoms with E-state index in [0.717, 1.165) is 12.0 Å². The molecule has 0 saturated carbocycles. The van der Waals surface area contributed by atoms with Crippen LogP contribution in [0.4, 0.5) is 0 Å². The number of hydrogen-bond acceptors (Lipinski definition) is 3. The van der Waals surface area contributed by atoms with Crippen LogP contribution in [0.25, 0.3) is 0 Å². The van der Waals surface area contributed by atoms with Gasteiger partial charge in [0.1, 0.15) is 0 Å². The fraction of sp³-hybridized carbons (Fsp3) is 0.533. The zero-order valence-corrected chi connectivity index (χ0v) is 11.7. The summed E-state index contributed by atoms with van der Waals surface area (Å²) in [6, 6.07) is 9.20. The first kappa shape index (κ1) is 15.7. The maximum atomic E-state index is 11.8. The van der Waals surface area contributed by atoms with Crippen LogP contribution < -0.4 is 11.1 Å². The molecule has 4 nitrogen and oxygen atoms in total. The maximum Gasteiger partial charge on any atom is 0.237 e. The van der Waals surface area contributed by atoms with Crippen molar-refractivity contribution in [2.24, 2.45) is 11.7 Å². The van der Waals surface area contributed by atoms with E-state index in [0.29, 0.717) is 6.42 Å². The van der Waals surface area contributed by atoms with Crippen molar-refractivity contribution in [3.63, 3.8) is 0 Å². The summed E-state index contributed by atoms with van der Waals surface area (Å²) < 4.78 is 0. The molecule has 1 aromatic carbocycles. The largest absolute Gasteiger partial charge is 0.391 e. The van der Waals surface area contributed by atoms with Gasteiger partial charge in [0.25, 0.3) is 0 Å². The van der Waals surface area contributed by atoms with E-state index in [1.54, 1.807) is 0 Å². The lowest BCUT2D eigenvalue weighted by molar-refractivity contribution is -0.123. The van der Waals surface area contributed by atoms with Crippen molar-refractivity contribution in [3.05, 3.63) is 35.9 Å². The van der Waals surface area contributed by atoms with Crippen LogP contribution in [0.2, 0.25) is 0 Å². The molecule has 0 spiro atoms. The van der Waals surface area contributed by atoms with Crippen LogP contribution in [-0.2, 0) is 11.2 Å². The maximum absolute atomic E-state index is 11.8. The highest BCUT2D eigenvalue weighted by atomic mass is 16.3. The molecule has 0 heterocycles. The van der Waals surface area contributed by atoms with Gasteiger partial charge in [-0.25, -0.2) is 0 Å². The zero-order chi connectivity index (χ0) is 14.3. The van der Waals surface area contributed by atoms with Gasteiger partial charge in [-0.15, -0.1) is 0 Å². The summed E-state index contributed by atoms with van der Waals surface area (Å²) in [5.41, 5.74) is 6.87. The van der Waals surface area contributed by atoms with Crippen LogP contribution in [0, 0.1) is 5.92 Å². The summed E-state index contributed by atoms with van der Waals surface area (Å²) in [5.74, 6) is -0.0484. The van der Waals surface area contributed by atoms with Crippen molar-refractivity contribution in [1.82, 2.24) is 5.32 Å². The van der Waals surface area contributed by atoms with E-state index in [2.05, 4.69) is 5.32 Å². The molecule has 106 valence electrons. The fourth-order valence-electron chi connectivity index (χ4n) is 1.81. The number of aliphatic hydroxyl groups is 1. The quantitative estimate of drug-likeness (QED) is 0.690. The topological polar surface area (TPSA) is 75.4 Å². The molecule has 0 aliphatic carbocycles. The summed E-state index contributed by atoms with van der Waals surface area (Å²) in [4.78, 5) is 11.8. The van der Waals surface area contributed by atoms with E-state index in [4.69, 9.17) is 5.73 Å². The summed E-state index contributed by atoms with van der Waals surface area (Å²) in [5, 5.41) is 12.6. The molecule has 3 atom stereocenters. The molecule has 0 aliphatic heterocycles. The third-order valence-corrected chi connectivity index (χ3v) is 3.39. The lowest BCUT2D eigenvalue weighted by atomic mass is 9.99. The number of rotatable bonds is 7. The minimum absolute atomic E-state index is 0.145. The van der Waals surface area contributed by atoms with E-state index in [1.807, 2.05) is 44.2 Å². The van der Waals surface area contributed by atoms with Crippen LogP contribution in [0.3, 0.4) is 0 Å². The second kappa shape index (κ2) is 7.92. The Morgan fingerprint density at radius 2 is 2.00 bits per heavy atom. The molecule has 1 amide bonds. The first-order valence-electron chi connectivity index (χ1n) is 6.79. The Labute approximate surface area is 115 Å². The second-order valence-electron chi connectivity index (χ2n) is 5.00. The minimum Gasteiger partial charge on any atom is -0.391 e. The molecule has 0 saturated heterocycles. The number of amides is 1. The number of aliphatic hydroxyl groups excluding tert-OH is 1. The normalized spacial score (nSPS) is 15.6. The molecular weight excluding hydrogens is 240 g/mol. The second-order valence-corrected chi connectivity index (χ2v) is 5.00. The number of nitrogens with one attached hydrogen (secondary N) is 1. The molecule has 1 aromatic rings. The van der Waals surface area contributed by atoms with Crippen molar-refractivity contribution < 1.29 is 9.90 Å². The van der Waals surface area contributed by atoms with Gasteiger partial charge in [-0.1, -0.05) is 50.6 Å². The zero-order valence-electron chi connectivity index (χ0n) is 11.7. The third kappa shape index (κ3) is 5.41. The smallest absolute Gasteiger partial charge is 0.237 e.